The van der Waals surface area contributed by atoms with Gasteiger partial charge in [0.25, 0.3) is 0 Å². The maximum atomic E-state index is 10.4. The van der Waals surface area contributed by atoms with Crippen molar-refractivity contribution in [3.63, 3.8) is 0 Å². The molecule has 0 aliphatic heterocycles. The van der Waals surface area contributed by atoms with Gasteiger partial charge in [0.15, 0.2) is 4.34 Å². The van der Waals surface area contributed by atoms with Crippen LogP contribution in [0.25, 0.3) is 0 Å². The Morgan fingerprint density at radius 1 is 1.61 bits per heavy atom. The molecule has 0 radical (unpaired) electrons. The summed E-state index contributed by atoms with van der Waals surface area (Å²) in [6.45, 7) is 2.32. The van der Waals surface area contributed by atoms with Crippen LogP contribution >= 0.6 is 23.1 Å². The number of nitrogens with one attached hydrogen (secondary N) is 1. The first-order valence-corrected chi connectivity index (χ1v) is 6.78. The normalized spacial score (nSPS) is 10.5. The standard InChI is InChI=1S/C9H10N4O3S2/c1-5-2-6(13-16-5)3-10-8-11-12-9(18-8)17-4-7(14)15/h2H,3-4H2,1H3,(H,10,11)(H,14,15). The van der Waals surface area contributed by atoms with Crippen molar-refractivity contribution >= 4 is 34.2 Å². The van der Waals surface area contributed by atoms with Crippen LogP contribution in [0, 0.1) is 6.92 Å². The third-order valence-electron chi connectivity index (χ3n) is 1.82. The van der Waals surface area contributed by atoms with Crippen molar-refractivity contribution in [1.29, 1.82) is 0 Å². The van der Waals surface area contributed by atoms with Crippen molar-refractivity contribution in [3.8, 4) is 0 Å². The maximum absolute atomic E-state index is 10.4. The third kappa shape index (κ3) is 3.70. The smallest absolute Gasteiger partial charge is 0.313 e. The highest BCUT2D eigenvalue weighted by atomic mass is 32.2. The number of anilines is 1. The number of aromatic nitrogens is 3. The molecule has 0 bridgehead atoms. The van der Waals surface area contributed by atoms with Gasteiger partial charge < -0.3 is 14.9 Å². The van der Waals surface area contributed by atoms with E-state index in [2.05, 4.69) is 20.7 Å². The summed E-state index contributed by atoms with van der Waals surface area (Å²) in [4.78, 5) is 10.4. The molecule has 2 N–H and O–H groups in total. The predicted octanol–water partition coefficient (Wildman–Crippen LogP) is 1.62. The lowest BCUT2D eigenvalue weighted by molar-refractivity contribution is -0.133. The van der Waals surface area contributed by atoms with Gasteiger partial charge in [0.1, 0.15) is 11.5 Å². The molecule has 2 aromatic heterocycles. The molecule has 0 saturated carbocycles. The molecule has 2 rings (SSSR count). The fourth-order valence-electron chi connectivity index (χ4n) is 1.13. The van der Waals surface area contributed by atoms with Gasteiger partial charge in [-0.3, -0.25) is 4.79 Å². The predicted molar refractivity (Wildman–Crippen MR) is 66.8 cm³/mol. The zero-order valence-corrected chi connectivity index (χ0v) is 11.0. The molecule has 0 saturated heterocycles. The number of carboxylic acids is 1. The van der Waals surface area contributed by atoms with Crippen LogP contribution in [-0.2, 0) is 11.3 Å². The summed E-state index contributed by atoms with van der Waals surface area (Å²) in [5, 5.41) is 23.8. The summed E-state index contributed by atoms with van der Waals surface area (Å²) >= 11 is 2.46. The first kappa shape index (κ1) is 12.8. The van der Waals surface area contributed by atoms with E-state index in [4.69, 9.17) is 9.63 Å². The average Bonchev–Trinajstić information content (AvgIpc) is 2.93. The summed E-state index contributed by atoms with van der Waals surface area (Å²) in [5.74, 6) is -0.138. The maximum Gasteiger partial charge on any atom is 0.313 e. The Kier molecular flexibility index (Phi) is 4.15. The first-order chi connectivity index (χ1) is 8.63. The molecule has 96 valence electrons. The van der Waals surface area contributed by atoms with E-state index < -0.39 is 5.97 Å². The Labute approximate surface area is 111 Å². The van der Waals surface area contributed by atoms with Crippen molar-refractivity contribution in [3.05, 3.63) is 17.5 Å². The monoisotopic (exact) mass is 286 g/mol. The molecule has 0 spiro atoms. The van der Waals surface area contributed by atoms with E-state index in [0.717, 1.165) is 23.2 Å². The molecule has 7 nitrogen and oxygen atoms in total. The number of carbonyl (C=O) groups is 1. The minimum Gasteiger partial charge on any atom is -0.481 e. The summed E-state index contributed by atoms with van der Waals surface area (Å²) in [5.41, 5.74) is 0.780. The van der Waals surface area contributed by atoms with Crippen molar-refractivity contribution in [2.24, 2.45) is 0 Å². The van der Waals surface area contributed by atoms with Crippen LogP contribution in [0.15, 0.2) is 14.9 Å². The molecular weight excluding hydrogens is 276 g/mol. The second-order valence-electron chi connectivity index (χ2n) is 3.34. The molecule has 2 aromatic rings. The number of rotatable bonds is 6. The van der Waals surface area contributed by atoms with E-state index >= 15 is 0 Å². The largest absolute Gasteiger partial charge is 0.481 e. The summed E-state index contributed by atoms with van der Waals surface area (Å²) < 4.78 is 5.55. The number of thioether (sulfide) groups is 1. The molecule has 0 fully saturated rings. The average molecular weight is 286 g/mol. The molecule has 0 atom stereocenters. The van der Waals surface area contributed by atoms with Crippen molar-refractivity contribution in [2.45, 2.75) is 17.8 Å². The number of aryl methyl sites for hydroxylation is 1. The molecule has 0 unspecified atom stereocenters. The molecule has 0 aliphatic carbocycles. The van der Waals surface area contributed by atoms with Gasteiger partial charge in [0, 0.05) is 6.07 Å². The minimum atomic E-state index is -0.872. The van der Waals surface area contributed by atoms with E-state index in [1.807, 2.05) is 13.0 Å². The highest BCUT2D eigenvalue weighted by Gasteiger charge is 2.07. The lowest BCUT2D eigenvalue weighted by atomic mass is 10.4. The zero-order chi connectivity index (χ0) is 13.0. The summed E-state index contributed by atoms with van der Waals surface area (Å²) in [7, 11) is 0. The number of hydrogen-bond acceptors (Lipinski definition) is 8. The van der Waals surface area contributed by atoms with Crippen LogP contribution in [0.2, 0.25) is 0 Å². The van der Waals surface area contributed by atoms with Crippen molar-refractivity contribution in [1.82, 2.24) is 15.4 Å². The van der Waals surface area contributed by atoms with Gasteiger partial charge in [-0.1, -0.05) is 28.3 Å². The fraction of sp³-hybridized carbons (Fsp3) is 0.333. The van der Waals surface area contributed by atoms with Crippen molar-refractivity contribution < 1.29 is 14.4 Å². The van der Waals surface area contributed by atoms with Gasteiger partial charge in [-0.05, 0) is 6.92 Å². The van der Waals surface area contributed by atoms with Crippen LogP contribution in [0.3, 0.4) is 0 Å². The lowest BCUT2D eigenvalue weighted by Crippen LogP contribution is -1.98. The van der Waals surface area contributed by atoms with Gasteiger partial charge >= 0.3 is 5.97 Å². The van der Waals surface area contributed by atoms with E-state index in [1.165, 1.54) is 11.3 Å². The molecule has 0 aliphatic rings. The van der Waals surface area contributed by atoms with Gasteiger partial charge in [-0.2, -0.15) is 0 Å². The number of nitrogens with zero attached hydrogens (tertiary/aromatic N) is 3. The molecule has 9 heteroatoms. The van der Waals surface area contributed by atoms with Crippen LogP contribution in [0.5, 0.6) is 0 Å². The number of hydrogen-bond donors (Lipinski definition) is 2. The Morgan fingerprint density at radius 3 is 3.11 bits per heavy atom. The third-order valence-corrected chi connectivity index (χ3v) is 3.82. The quantitative estimate of drug-likeness (QED) is 0.772. The van der Waals surface area contributed by atoms with Crippen LogP contribution in [-0.4, -0.2) is 32.2 Å². The fourth-order valence-corrected chi connectivity index (χ4v) is 2.60. The van der Waals surface area contributed by atoms with E-state index in [-0.39, 0.29) is 5.75 Å². The number of aliphatic carboxylic acids is 1. The lowest BCUT2D eigenvalue weighted by Gasteiger charge is -1.95. The van der Waals surface area contributed by atoms with E-state index in [1.54, 1.807) is 0 Å². The van der Waals surface area contributed by atoms with Gasteiger partial charge in [-0.15, -0.1) is 10.2 Å². The van der Waals surface area contributed by atoms with Gasteiger partial charge in [-0.25, -0.2) is 0 Å². The molecule has 2 heterocycles. The minimum absolute atomic E-state index is 0.0168. The molecule has 0 aromatic carbocycles. The van der Waals surface area contributed by atoms with Crippen LogP contribution in [0.4, 0.5) is 5.13 Å². The highest BCUT2D eigenvalue weighted by Crippen LogP contribution is 2.25. The molecule has 0 amide bonds. The summed E-state index contributed by atoms with van der Waals surface area (Å²) in [6.07, 6.45) is 0. The topological polar surface area (TPSA) is 101 Å². The Balaban J connectivity index is 1.84. The first-order valence-electron chi connectivity index (χ1n) is 4.97. The molecular formula is C9H10N4O3S2. The Hall–Kier alpha value is -1.61. The second-order valence-corrected chi connectivity index (χ2v) is 5.54. The van der Waals surface area contributed by atoms with E-state index in [0.29, 0.717) is 16.0 Å². The zero-order valence-electron chi connectivity index (χ0n) is 9.41. The van der Waals surface area contributed by atoms with Crippen LogP contribution in [0.1, 0.15) is 11.5 Å². The highest BCUT2D eigenvalue weighted by molar-refractivity contribution is 8.01. The van der Waals surface area contributed by atoms with Crippen LogP contribution < -0.4 is 5.32 Å². The summed E-state index contributed by atoms with van der Waals surface area (Å²) in [6, 6.07) is 1.83. The van der Waals surface area contributed by atoms with Crippen molar-refractivity contribution in [2.75, 3.05) is 11.1 Å². The van der Waals surface area contributed by atoms with E-state index in [9.17, 15) is 4.79 Å². The van der Waals surface area contributed by atoms with Gasteiger partial charge in [0.2, 0.25) is 5.13 Å². The molecule has 18 heavy (non-hydrogen) atoms. The Bertz CT molecular complexity index is 539. The SMILES string of the molecule is Cc1cc(CNc2nnc(SCC(=O)O)s2)no1. The Morgan fingerprint density at radius 2 is 2.44 bits per heavy atom. The van der Waals surface area contributed by atoms with Gasteiger partial charge in [0.05, 0.1) is 12.3 Å². The second kappa shape index (κ2) is 5.83. The number of carboxylic acid groups (broad SMARTS) is 1.